The molecule has 0 aromatic heterocycles. The molecular weight excluding hydrogens is 328 g/mol. The van der Waals surface area contributed by atoms with Crippen LogP contribution in [0, 0.1) is 0 Å². The second-order valence-corrected chi connectivity index (χ2v) is 6.71. The van der Waals surface area contributed by atoms with Gasteiger partial charge in [0.05, 0.1) is 0 Å². The highest BCUT2D eigenvalue weighted by Crippen LogP contribution is 2.48. The van der Waals surface area contributed by atoms with E-state index in [-0.39, 0.29) is 12.1 Å². The fourth-order valence-electron chi connectivity index (χ4n) is 4.07. The van der Waals surface area contributed by atoms with Gasteiger partial charge in [0, 0.05) is 17.7 Å². The molecule has 2 unspecified atom stereocenters. The number of carbonyl (C=O) groups excluding carboxylic acids is 2. The van der Waals surface area contributed by atoms with Gasteiger partial charge in [-0.1, -0.05) is 74.0 Å². The number of rotatable bonds is 5. The zero-order chi connectivity index (χ0) is 18.2. The molecule has 0 radical (unpaired) electrons. The maximum absolute atomic E-state index is 13.0. The van der Waals surface area contributed by atoms with E-state index in [1.807, 2.05) is 60.7 Å². The van der Waals surface area contributed by atoms with Crippen LogP contribution in [0.5, 0.6) is 0 Å². The Kier molecular flexibility index (Phi) is 3.83. The van der Waals surface area contributed by atoms with E-state index in [1.54, 1.807) is 4.90 Å². The van der Waals surface area contributed by atoms with E-state index in [0.717, 1.165) is 24.0 Å². The molecule has 4 amide bonds. The molecule has 4 rings (SSSR count). The summed E-state index contributed by atoms with van der Waals surface area (Å²) in [5.41, 5.74) is -0.414. The van der Waals surface area contributed by atoms with Crippen LogP contribution in [0.25, 0.3) is 0 Å². The van der Waals surface area contributed by atoms with Gasteiger partial charge in [-0.15, -0.1) is 0 Å². The maximum atomic E-state index is 13.0. The Morgan fingerprint density at radius 1 is 0.846 bits per heavy atom. The number of amides is 4. The Hall–Kier alpha value is -3.02. The molecule has 2 aromatic carbocycles. The first-order valence-corrected chi connectivity index (χ1v) is 8.95. The molecule has 134 valence electrons. The molecule has 6 heteroatoms. The van der Waals surface area contributed by atoms with Gasteiger partial charge < -0.3 is 16.0 Å². The van der Waals surface area contributed by atoms with Crippen LogP contribution >= 0.6 is 0 Å². The molecule has 3 N–H and O–H groups in total. The molecule has 2 fully saturated rings. The SMILES string of the molecule is CCCCN1C(=O)NC2(c3ccccc3)NC(=O)NC12c1ccccc1. The molecule has 2 aliphatic rings. The topological polar surface area (TPSA) is 73.5 Å². The van der Waals surface area contributed by atoms with Gasteiger partial charge in [0.1, 0.15) is 0 Å². The minimum absolute atomic E-state index is 0.196. The van der Waals surface area contributed by atoms with E-state index < -0.39 is 11.3 Å². The largest absolute Gasteiger partial charge is 0.321 e. The van der Waals surface area contributed by atoms with Crippen molar-refractivity contribution in [1.29, 1.82) is 0 Å². The Balaban J connectivity index is 1.96. The molecule has 6 nitrogen and oxygen atoms in total. The number of carbonyl (C=O) groups is 2. The van der Waals surface area contributed by atoms with E-state index in [2.05, 4.69) is 22.9 Å². The number of nitrogens with zero attached hydrogens (tertiary/aromatic N) is 1. The van der Waals surface area contributed by atoms with Crippen LogP contribution in [0.1, 0.15) is 30.9 Å². The summed E-state index contributed by atoms with van der Waals surface area (Å²) >= 11 is 0. The molecule has 2 heterocycles. The van der Waals surface area contributed by atoms with E-state index in [4.69, 9.17) is 0 Å². The van der Waals surface area contributed by atoms with Gasteiger partial charge in [0.2, 0.25) is 0 Å². The molecule has 0 bridgehead atoms. The Morgan fingerprint density at radius 2 is 1.46 bits per heavy atom. The quantitative estimate of drug-likeness (QED) is 0.776. The van der Waals surface area contributed by atoms with Crippen LogP contribution in [-0.2, 0) is 11.3 Å². The highest BCUT2D eigenvalue weighted by Gasteiger charge is 2.70. The zero-order valence-corrected chi connectivity index (χ0v) is 14.7. The van der Waals surface area contributed by atoms with Gasteiger partial charge in [-0.05, 0) is 6.42 Å². The van der Waals surface area contributed by atoms with E-state index in [0.29, 0.717) is 6.54 Å². The van der Waals surface area contributed by atoms with Crippen LogP contribution in [0.15, 0.2) is 60.7 Å². The molecule has 2 aliphatic heterocycles. The van der Waals surface area contributed by atoms with E-state index in [1.165, 1.54) is 0 Å². The lowest BCUT2D eigenvalue weighted by Crippen LogP contribution is -2.61. The molecule has 2 saturated heterocycles. The molecule has 2 aromatic rings. The lowest BCUT2D eigenvalue weighted by atomic mass is 9.82. The first-order chi connectivity index (χ1) is 12.6. The summed E-state index contributed by atoms with van der Waals surface area (Å²) in [4.78, 5) is 27.3. The lowest BCUT2D eigenvalue weighted by molar-refractivity contribution is 0.0813. The third kappa shape index (κ3) is 2.11. The van der Waals surface area contributed by atoms with Gasteiger partial charge >= 0.3 is 12.1 Å². The first kappa shape index (κ1) is 16.4. The van der Waals surface area contributed by atoms with Gasteiger partial charge in [-0.25, -0.2) is 9.59 Å². The van der Waals surface area contributed by atoms with E-state index >= 15 is 0 Å². The highest BCUT2D eigenvalue weighted by molar-refractivity contribution is 5.89. The summed E-state index contributed by atoms with van der Waals surface area (Å²) in [6.45, 7) is 2.63. The lowest BCUT2D eigenvalue weighted by Gasteiger charge is -2.42. The maximum Gasteiger partial charge on any atom is 0.321 e. The summed E-state index contributed by atoms with van der Waals surface area (Å²) in [5, 5.41) is 9.13. The van der Waals surface area contributed by atoms with Gasteiger partial charge in [0.25, 0.3) is 0 Å². The monoisotopic (exact) mass is 350 g/mol. The zero-order valence-electron chi connectivity index (χ0n) is 14.7. The minimum Gasteiger partial charge on any atom is -0.307 e. The average molecular weight is 350 g/mol. The second kappa shape index (κ2) is 6.05. The number of hydrogen-bond donors (Lipinski definition) is 3. The molecule has 2 atom stereocenters. The van der Waals surface area contributed by atoms with Crippen molar-refractivity contribution < 1.29 is 9.59 Å². The fourth-order valence-corrected chi connectivity index (χ4v) is 4.07. The number of nitrogens with one attached hydrogen (secondary N) is 3. The van der Waals surface area contributed by atoms with Crippen LogP contribution in [0.2, 0.25) is 0 Å². The van der Waals surface area contributed by atoms with Crippen molar-refractivity contribution in [2.24, 2.45) is 0 Å². The van der Waals surface area contributed by atoms with Crippen LogP contribution < -0.4 is 16.0 Å². The summed E-state index contributed by atoms with van der Waals surface area (Å²) in [6, 6.07) is 18.7. The fraction of sp³-hybridized carbons (Fsp3) is 0.300. The van der Waals surface area contributed by atoms with E-state index in [9.17, 15) is 9.59 Å². The highest BCUT2D eigenvalue weighted by atomic mass is 16.2. The van der Waals surface area contributed by atoms with Crippen LogP contribution in [0.3, 0.4) is 0 Å². The average Bonchev–Trinajstić information content (AvgIpc) is 3.09. The van der Waals surface area contributed by atoms with Crippen LogP contribution in [0.4, 0.5) is 9.59 Å². The molecule has 0 saturated carbocycles. The summed E-state index contributed by atoms with van der Waals surface area (Å²) in [7, 11) is 0. The third-order valence-electron chi connectivity index (χ3n) is 5.22. The van der Waals surface area contributed by atoms with Crippen molar-refractivity contribution in [3.63, 3.8) is 0 Å². The van der Waals surface area contributed by atoms with Gasteiger partial charge in [-0.2, -0.15) is 0 Å². The predicted octanol–water partition coefficient (Wildman–Crippen LogP) is 2.83. The van der Waals surface area contributed by atoms with Crippen LogP contribution in [-0.4, -0.2) is 23.5 Å². The number of urea groups is 2. The third-order valence-corrected chi connectivity index (χ3v) is 5.22. The van der Waals surface area contributed by atoms with Gasteiger partial charge in [-0.3, -0.25) is 4.90 Å². The number of fused-ring (bicyclic) bond motifs is 1. The second-order valence-electron chi connectivity index (χ2n) is 6.71. The molecular formula is C20H22N4O2. The van der Waals surface area contributed by atoms with Crippen molar-refractivity contribution in [3.05, 3.63) is 71.8 Å². The predicted molar refractivity (Wildman–Crippen MR) is 98.1 cm³/mol. The Morgan fingerprint density at radius 3 is 2.08 bits per heavy atom. The van der Waals surface area contributed by atoms with Crippen molar-refractivity contribution in [2.75, 3.05) is 6.54 Å². The molecule has 0 spiro atoms. The number of hydrogen-bond acceptors (Lipinski definition) is 2. The minimum atomic E-state index is -1.07. The standard InChI is InChI=1S/C20H22N4O2/c1-2-3-14-24-18(26)23-19(15-10-6-4-7-11-15)20(24,22-17(25)21-19)16-12-8-5-9-13-16/h4-13H,2-3,14H2,1H3,(H,23,26)(H2,21,22,25). The van der Waals surface area contributed by atoms with Crippen molar-refractivity contribution in [1.82, 2.24) is 20.9 Å². The smallest absolute Gasteiger partial charge is 0.307 e. The molecule has 0 aliphatic carbocycles. The summed E-state index contributed by atoms with van der Waals surface area (Å²) < 4.78 is 0. The molecule has 26 heavy (non-hydrogen) atoms. The Labute approximate surface area is 152 Å². The van der Waals surface area contributed by atoms with Crippen molar-refractivity contribution in [2.45, 2.75) is 31.1 Å². The summed E-state index contributed by atoms with van der Waals surface area (Å²) in [6.07, 6.45) is 1.80. The normalized spacial score (nSPS) is 26.9. The summed E-state index contributed by atoms with van der Waals surface area (Å²) in [5.74, 6) is 0. The Bertz CT molecular complexity index is 826. The van der Waals surface area contributed by atoms with Crippen molar-refractivity contribution >= 4 is 12.1 Å². The number of benzene rings is 2. The number of unbranched alkanes of at least 4 members (excludes halogenated alkanes) is 1. The van der Waals surface area contributed by atoms with Gasteiger partial charge in [0.15, 0.2) is 11.3 Å². The first-order valence-electron chi connectivity index (χ1n) is 8.95. The van der Waals surface area contributed by atoms with Crippen molar-refractivity contribution in [3.8, 4) is 0 Å².